The van der Waals surface area contributed by atoms with Crippen LogP contribution in [0, 0.1) is 0 Å². The number of fused-ring (bicyclic) bond motifs is 8. The van der Waals surface area contributed by atoms with Crippen molar-refractivity contribution in [1.29, 1.82) is 0 Å². The van der Waals surface area contributed by atoms with Crippen LogP contribution < -0.4 is 4.90 Å². The number of para-hydroxylation sites is 2. The van der Waals surface area contributed by atoms with Crippen molar-refractivity contribution >= 4 is 49.8 Å². The van der Waals surface area contributed by atoms with Crippen LogP contribution >= 0.6 is 0 Å². The summed E-state index contributed by atoms with van der Waals surface area (Å²) in [6.07, 6.45) is 0. The predicted molar refractivity (Wildman–Crippen MR) is 203 cm³/mol. The number of hydrogen-bond acceptors (Lipinski definition) is 2. The van der Waals surface area contributed by atoms with Gasteiger partial charge in [0.2, 0.25) is 0 Å². The molecule has 1 aliphatic carbocycles. The Morgan fingerprint density at radius 1 is 0.388 bits per heavy atom. The average molecular weight is 626 g/mol. The second kappa shape index (κ2) is 10.8. The summed E-state index contributed by atoms with van der Waals surface area (Å²) in [5, 5.41) is 4.69. The van der Waals surface area contributed by atoms with Gasteiger partial charge in [-0.25, -0.2) is 0 Å². The second-order valence-corrected chi connectivity index (χ2v) is 12.8. The van der Waals surface area contributed by atoms with Gasteiger partial charge in [-0.05, 0) is 75.0 Å². The molecule has 0 spiro atoms. The molecule has 0 N–H and O–H groups in total. The summed E-state index contributed by atoms with van der Waals surface area (Å²) >= 11 is 0. The number of nitrogens with zero attached hydrogens (tertiary/aromatic N) is 1. The molecule has 0 unspecified atom stereocenters. The Morgan fingerprint density at radius 2 is 0.959 bits per heavy atom. The van der Waals surface area contributed by atoms with Crippen LogP contribution in [0.15, 0.2) is 192 Å². The van der Waals surface area contributed by atoms with Crippen LogP contribution in [0.1, 0.15) is 22.3 Å². The molecule has 0 bridgehead atoms. The third kappa shape index (κ3) is 3.95. The summed E-state index contributed by atoms with van der Waals surface area (Å²) in [4.78, 5) is 2.45. The van der Waals surface area contributed by atoms with E-state index in [9.17, 15) is 0 Å². The molecule has 8 aromatic carbocycles. The molecular weight excluding hydrogens is 595 g/mol. The van der Waals surface area contributed by atoms with Gasteiger partial charge >= 0.3 is 0 Å². The maximum Gasteiger partial charge on any atom is 0.137 e. The van der Waals surface area contributed by atoms with E-state index in [-0.39, 0.29) is 0 Å². The lowest BCUT2D eigenvalue weighted by atomic mass is 9.67. The number of hydrogen-bond donors (Lipinski definition) is 0. The van der Waals surface area contributed by atoms with Gasteiger partial charge in [0.05, 0.1) is 22.2 Å². The topological polar surface area (TPSA) is 16.4 Å². The van der Waals surface area contributed by atoms with Gasteiger partial charge in [-0.3, -0.25) is 0 Å². The Morgan fingerprint density at radius 3 is 1.71 bits per heavy atom. The van der Waals surface area contributed by atoms with Crippen LogP contribution in [-0.2, 0) is 5.41 Å². The van der Waals surface area contributed by atoms with E-state index < -0.39 is 5.41 Å². The standard InChI is InChI=1S/C47H31NO/c1-4-17-33(18-5-1)47(34-19-6-2-7-20-34)38-25-14-26-41(46(38)44-36-23-11-10-16-32(36)30-31-39(44)47)48(35-21-8-3-9-22-35)40-27-15-29-43-45(40)37-24-12-13-28-42(37)49-43/h1-31H. The zero-order valence-corrected chi connectivity index (χ0v) is 26.8. The summed E-state index contributed by atoms with van der Waals surface area (Å²) < 4.78 is 6.44. The fourth-order valence-electron chi connectivity index (χ4n) is 8.39. The minimum Gasteiger partial charge on any atom is -0.456 e. The van der Waals surface area contributed by atoms with E-state index in [0.29, 0.717) is 0 Å². The molecule has 230 valence electrons. The zero-order chi connectivity index (χ0) is 32.4. The van der Waals surface area contributed by atoms with Gasteiger partial charge in [-0.1, -0.05) is 152 Å². The highest BCUT2D eigenvalue weighted by Crippen LogP contribution is 2.61. The Balaban J connectivity index is 1.39. The first kappa shape index (κ1) is 27.7. The lowest BCUT2D eigenvalue weighted by molar-refractivity contribution is 0.669. The maximum atomic E-state index is 6.44. The highest BCUT2D eigenvalue weighted by atomic mass is 16.3. The molecule has 1 aromatic heterocycles. The van der Waals surface area contributed by atoms with Crippen LogP contribution in [0.25, 0.3) is 43.8 Å². The number of furan rings is 1. The predicted octanol–water partition coefficient (Wildman–Crippen LogP) is 12.6. The lowest BCUT2D eigenvalue weighted by Gasteiger charge is -2.34. The largest absolute Gasteiger partial charge is 0.456 e. The molecule has 1 heterocycles. The molecule has 9 aromatic rings. The first-order valence-corrected chi connectivity index (χ1v) is 16.9. The van der Waals surface area contributed by atoms with Gasteiger partial charge in [0.25, 0.3) is 0 Å². The molecule has 2 heteroatoms. The summed E-state index contributed by atoms with van der Waals surface area (Å²) in [6.45, 7) is 0. The van der Waals surface area contributed by atoms with E-state index in [2.05, 4.69) is 187 Å². The van der Waals surface area contributed by atoms with Crippen molar-refractivity contribution in [3.05, 3.63) is 210 Å². The fraction of sp³-hybridized carbons (Fsp3) is 0.0213. The summed E-state index contributed by atoms with van der Waals surface area (Å²) in [7, 11) is 0. The molecule has 0 aliphatic heterocycles. The molecule has 0 saturated heterocycles. The SMILES string of the molecule is c1ccc(N(c2cccc3c2-c2c(ccc4ccccc24)C3(c2ccccc2)c2ccccc2)c2cccc3oc4ccccc4c23)cc1. The van der Waals surface area contributed by atoms with E-state index >= 15 is 0 Å². The van der Waals surface area contributed by atoms with Crippen molar-refractivity contribution in [3.63, 3.8) is 0 Å². The second-order valence-electron chi connectivity index (χ2n) is 12.8. The van der Waals surface area contributed by atoms with Gasteiger partial charge in [0.1, 0.15) is 11.2 Å². The molecule has 0 amide bonds. The fourth-order valence-corrected chi connectivity index (χ4v) is 8.39. The molecule has 10 rings (SSSR count). The monoisotopic (exact) mass is 625 g/mol. The van der Waals surface area contributed by atoms with Crippen LogP contribution in [0.2, 0.25) is 0 Å². The van der Waals surface area contributed by atoms with Gasteiger partial charge in [-0.2, -0.15) is 0 Å². The number of rotatable bonds is 5. The Kier molecular flexibility index (Phi) is 6.13. The van der Waals surface area contributed by atoms with Crippen LogP contribution in [0.3, 0.4) is 0 Å². The van der Waals surface area contributed by atoms with Crippen molar-refractivity contribution in [2.24, 2.45) is 0 Å². The van der Waals surface area contributed by atoms with E-state index in [1.165, 1.54) is 44.2 Å². The third-order valence-corrected chi connectivity index (χ3v) is 10.3. The molecule has 0 radical (unpaired) electrons. The summed E-state index contributed by atoms with van der Waals surface area (Å²) in [6, 6.07) is 68.0. The molecule has 2 nitrogen and oxygen atoms in total. The smallest absolute Gasteiger partial charge is 0.137 e. The number of benzene rings is 8. The van der Waals surface area contributed by atoms with Crippen molar-refractivity contribution in [1.82, 2.24) is 0 Å². The minimum atomic E-state index is -0.524. The Bertz CT molecular complexity index is 2620. The zero-order valence-electron chi connectivity index (χ0n) is 26.8. The third-order valence-electron chi connectivity index (χ3n) is 10.3. The van der Waals surface area contributed by atoms with Crippen molar-refractivity contribution in [2.75, 3.05) is 4.90 Å². The van der Waals surface area contributed by atoms with Crippen molar-refractivity contribution in [3.8, 4) is 11.1 Å². The van der Waals surface area contributed by atoms with Crippen LogP contribution in [0.4, 0.5) is 17.1 Å². The van der Waals surface area contributed by atoms with Gasteiger partial charge in [0, 0.05) is 16.6 Å². The van der Waals surface area contributed by atoms with Gasteiger partial charge < -0.3 is 9.32 Å². The van der Waals surface area contributed by atoms with Gasteiger partial charge in [0.15, 0.2) is 0 Å². The van der Waals surface area contributed by atoms with E-state index in [1.807, 2.05) is 6.07 Å². The molecule has 1 aliphatic rings. The summed E-state index contributed by atoms with van der Waals surface area (Å²) in [5.41, 5.74) is 12.2. The molecule has 0 fully saturated rings. The first-order chi connectivity index (χ1) is 24.3. The van der Waals surface area contributed by atoms with E-state index in [1.54, 1.807) is 0 Å². The van der Waals surface area contributed by atoms with E-state index in [0.717, 1.165) is 39.0 Å². The Hall–Kier alpha value is -6.38. The molecular formula is C47H31NO. The maximum absolute atomic E-state index is 6.44. The lowest BCUT2D eigenvalue weighted by Crippen LogP contribution is -2.28. The summed E-state index contributed by atoms with van der Waals surface area (Å²) in [5.74, 6) is 0. The highest BCUT2D eigenvalue weighted by molar-refractivity contribution is 6.15. The number of anilines is 3. The minimum absolute atomic E-state index is 0.524. The molecule has 49 heavy (non-hydrogen) atoms. The molecule has 0 saturated carbocycles. The van der Waals surface area contributed by atoms with Crippen LogP contribution in [0.5, 0.6) is 0 Å². The average Bonchev–Trinajstić information content (AvgIpc) is 3.71. The van der Waals surface area contributed by atoms with Crippen LogP contribution in [-0.4, -0.2) is 0 Å². The first-order valence-electron chi connectivity index (χ1n) is 16.9. The molecule has 0 atom stereocenters. The van der Waals surface area contributed by atoms with Crippen molar-refractivity contribution in [2.45, 2.75) is 5.41 Å². The normalized spacial score (nSPS) is 13.1. The highest BCUT2D eigenvalue weighted by Gasteiger charge is 2.48. The van der Waals surface area contributed by atoms with E-state index in [4.69, 9.17) is 4.42 Å². The van der Waals surface area contributed by atoms with Crippen molar-refractivity contribution < 1.29 is 4.42 Å². The Labute approximate surface area is 285 Å². The van der Waals surface area contributed by atoms with Gasteiger partial charge in [-0.15, -0.1) is 0 Å². The quantitative estimate of drug-likeness (QED) is 0.189.